The lowest BCUT2D eigenvalue weighted by molar-refractivity contribution is 0.171. The van der Waals surface area contributed by atoms with Crippen LogP contribution in [0.25, 0.3) is 0 Å². The molecular formula is C23H20BrClFNO4. The Bertz CT molecular complexity index is 1080. The number of halogens is 3. The second-order valence-corrected chi connectivity index (χ2v) is 8.02. The molecule has 0 atom stereocenters. The van der Waals surface area contributed by atoms with Gasteiger partial charge in [0.25, 0.3) is 0 Å². The summed E-state index contributed by atoms with van der Waals surface area (Å²) in [7, 11) is 1.56. The van der Waals surface area contributed by atoms with Crippen LogP contribution in [0, 0.1) is 5.82 Å². The molecule has 31 heavy (non-hydrogen) atoms. The van der Waals surface area contributed by atoms with Gasteiger partial charge in [-0.25, -0.2) is 4.39 Å². The molecule has 0 saturated heterocycles. The number of benzene rings is 3. The molecule has 0 aromatic heterocycles. The maximum absolute atomic E-state index is 14.2. The predicted octanol–water partition coefficient (Wildman–Crippen LogP) is 6.21. The first-order valence-corrected chi connectivity index (χ1v) is 10.8. The number of rotatable bonds is 7. The van der Waals surface area contributed by atoms with E-state index in [1.54, 1.807) is 25.3 Å². The molecule has 0 aliphatic carbocycles. The van der Waals surface area contributed by atoms with Gasteiger partial charge in [-0.2, -0.15) is 0 Å². The van der Waals surface area contributed by atoms with Gasteiger partial charge in [-0.15, -0.1) is 0 Å². The van der Waals surface area contributed by atoms with Gasteiger partial charge in [-0.05, 0) is 36.4 Å². The summed E-state index contributed by atoms with van der Waals surface area (Å²) in [5, 5.41) is 3.67. The standard InChI is InChI=1S/C23H20BrClFNO4/c1-28-21-8-6-17(24)15(23(21)31-13-16-18(25)3-2-4-19(16)26)12-27-14-5-7-20-22(11-14)30-10-9-29-20/h2-8,11,27H,9-10,12-13H2,1H3. The smallest absolute Gasteiger partial charge is 0.167 e. The molecule has 3 aromatic rings. The van der Waals surface area contributed by atoms with Gasteiger partial charge in [0.05, 0.1) is 12.1 Å². The molecule has 5 nitrogen and oxygen atoms in total. The van der Waals surface area contributed by atoms with Crippen molar-refractivity contribution in [3.8, 4) is 23.0 Å². The fraction of sp³-hybridized carbons (Fsp3) is 0.217. The van der Waals surface area contributed by atoms with E-state index in [1.165, 1.54) is 6.07 Å². The van der Waals surface area contributed by atoms with Crippen LogP contribution >= 0.6 is 27.5 Å². The minimum atomic E-state index is -0.419. The molecule has 0 radical (unpaired) electrons. The highest BCUT2D eigenvalue weighted by molar-refractivity contribution is 9.10. The predicted molar refractivity (Wildman–Crippen MR) is 121 cm³/mol. The van der Waals surface area contributed by atoms with Crippen LogP contribution in [0.2, 0.25) is 5.02 Å². The molecule has 3 aromatic carbocycles. The van der Waals surface area contributed by atoms with E-state index in [2.05, 4.69) is 21.2 Å². The highest BCUT2D eigenvalue weighted by Gasteiger charge is 2.18. The molecule has 8 heteroatoms. The fourth-order valence-corrected chi connectivity index (χ4v) is 3.89. The average Bonchev–Trinajstić information content (AvgIpc) is 2.78. The summed E-state index contributed by atoms with van der Waals surface area (Å²) in [4.78, 5) is 0. The van der Waals surface area contributed by atoms with E-state index >= 15 is 0 Å². The van der Waals surface area contributed by atoms with E-state index in [9.17, 15) is 4.39 Å². The molecule has 0 fully saturated rings. The molecule has 0 amide bonds. The van der Waals surface area contributed by atoms with Gasteiger partial charge in [0.2, 0.25) is 0 Å². The van der Waals surface area contributed by atoms with E-state index < -0.39 is 5.82 Å². The minimum absolute atomic E-state index is 0.0324. The Morgan fingerprint density at radius 1 is 1.06 bits per heavy atom. The monoisotopic (exact) mass is 507 g/mol. The first-order valence-electron chi connectivity index (χ1n) is 9.61. The summed E-state index contributed by atoms with van der Waals surface area (Å²) in [5.74, 6) is 2.05. The number of methoxy groups -OCH3 is 1. The van der Waals surface area contributed by atoms with E-state index in [0.717, 1.165) is 21.5 Å². The summed E-state index contributed by atoms with van der Waals surface area (Å²) >= 11 is 9.72. The van der Waals surface area contributed by atoms with E-state index in [1.807, 2.05) is 24.3 Å². The van der Waals surface area contributed by atoms with Crippen LogP contribution in [0.4, 0.5) is 10.1 Å². The van der Waals surface area contributed by atoms with Crippen LogP contribution in [0.1, 0.15) is 11.1 Å². The average molecular weight is 509 g/mol. The van der Waals surface area contributed by atoms with Crippen LogP contribution < -0.4 is 24.3 Å². The third kappa shape index (κ3) is 4.83. The van der Waals surface area contributed by atoms with Gasteiger partial charge in [-0.3, -0.25) is 0 Å². The third-order valence-corrected chi connectivity index (χ3v) is 5.92. The summed E-state index contributed by atoms with van der Waals surface area (Å²) in [6.45, 7) is 1.46. The van der Waals surface area contributed by atoms with Crippen LogP contribution in [0.15, 0.2) is 53.0 Å². The zero-order valence-corrected chi connectivity index (χ0v) is 19.1. The Morgan fingerprint density at radius 3 is 2.65 bits per heavy atom. The van der Waals surface area contributed by atoms with Gasteiger partial charge >= 0.3 is 0 Å². The summed E-state index contributed by atoms with van der Waals surface area (Å²) in [5.41, 5.74) is 1.97. The lowest BCUT2D eigenvalue weighted by atomic mass is 10.1. The summed E-state index contributed by atoms with van der Waals surface area (Å²) in [6.07, 6.45) is 0. The van der Waals surface area contributed by atoms with Crippen molar-refractivity contribution in [3.63, 3.8) is 0 Å². The van der Waals surface area contributed by atoms with Crippen LogP contribution in [-0.2, 0) is 13.2 Å². The quantitative estimate of drug-likeness (QED) is 0.411. The van der Waals surface area contributed by atoms with Gasteiger partial charge in [-0.1, -0.05) is 33.6 Å². The fourth-order valence-electron chi connectivity index (χ4n) is 3.22. The van der Waals surface area contributed by atoms with Crippen molar-refractivity contribution < 1.29 is 23.3 Å². The van der Waals surface area contributed by atoms with Crippen molar-refractivity contribution in [1.82, 2.24) is 0 Å². The Morgan fingerprint density at radius 2 is 1.87 bits per heavy atom. The van der Waals surface area contributed by atoms with E-state index in [4.69, 9.17) is 30.5 Å². The Balaban J connectivity index is 1.57. The zero-order valence-electron chi connectivity index (χ0n) is 16.7. The lowest BCUT2D eigenvalue weighted by Crippen LogP contribution is -2.15. The van der Waals surface area contributed by atoms with Gasteiger partial charge in [0.1, 0.15) is 25.6 Å². The molecule has 1 N–H and O–H groups in total. The second kappa shape index (κ2) is 9.66. The maximum atomic E-state index is 14.2. The second-order valence-electron chi connectivity index (χ2n) is 6.76. The maximum Gasteiger partial charge on any atom is 0.167 e. The highest BCUT2D eigenvalue weighted by atomic mass is 79.9. The number of ether oxygens (including phenoxy) is 4. The van der Waals surface area contributed by atoms with Crippen LogP contribution in [-0.4, -0.2) is 20.3 Å². The molecule has 0 spiro atoms. The Kier molecular flexibility index (Phi) is 6.73. The molecule has 1 heterocycles. The Labute approximate surface area is 193 Å². The Hall–Kier alpha value is -2.64. The molecule has 0 unspecified atom stereocenters. The van der Waals surface area contributed by atoms with E-state index in [0.29, 0.717) is 42.0 Å². The molecule has 0 saturated carbocycles. The third-order valence-electron chi connectivity index (χ3n) is 4.82. The molecular weight excluding hydrogens is 489 g/mol. The first-order chi connectivity index (χ1) is 15.1. The number of fused-ring (bicyclic) bond motifs is 1. The largest absolute Gasteiger partial charge is 0.493 e. The topological polar surface area (TPSA) is 49.0 Å². The number of nitrogens with one attached hydrogen (secondary N) is 1. The molecule has 0 bridgehead atoms. The normalized spacial score (nSPS) is 12.4. The molecule has 1 aliphatic heterocycles. The van der Waals surface area contributed by atoms with Gasteiger partial charge < -0.3 is 24.3 Å². The van der Waals surface area contributed by atoms with Crippen molar-refractivity contribution in [2.75, 3.05) is 25.6 Å². The van der Waals surface area contributed by atoms with Crippen molar-refractivity contribution >= 4 is 33.2 Å². The molecule has 4 rings (SSSR count). The highest BCUT2D eigenvalue weighted by Crippen LogP contribution is 2.38. The number of hydrogen-bond acceptors (Lipinski definition) is 5. The summed E-state index contributed by atoms with van der Waals surface area (Å²) in [6, 6.07) is 13.9. The van der Waals surface area contributed by atoms with Crippen molar-refractivity contribution in [3.05, 3.63) is 75.0 Å². The van der Waals surface area contributed by atoms with Gasteiger partial charge in [0, 0.05) is 33.9 Å². The van der Waals surface area contributed by atoms with Crippen LogP contribution in [0.3, 0.4) is 0 Å². The number of anilines is 1. The minimum Gasteiger partial charge on any atom is -0.493 e. The molecule has 1 aliphatic rings. The van der Waals surface area contributed by atoms with Crippen molar-refractivity contribution in [2.24, 2.45) is 0 Å². The summed E-state index contributed by atoms with van der Waals surface area (Å²) < 4.78 is 37.7. The van der Waals surface area contributed by atoms with Gasteiger partial charge in [0.15, 0.2) is 23.0 Å². The van der Waals surface area contributed by atoms with Crippen molar-refractivity contribution in [1.29, 1.82) is 0 Å². The SMILES string of the molecule is COc1ccc(Br)c(CNc2ccc3c(c2)OCCO3)c1OCc1c(F)cccc1Cl. The van der Waals surface area contributed by atoms with Crippen molar-refractivity contribution in [2.45, 2.75) is 13.2 Å². The van der Waals surface area contributed by atoms with E-state index in [-0.39, 0.29) is 12.2 Å². The van der Waals surface area contributed by atoms with Crippen LogP contribution in [0.5, 0.6) is 23.0 Å². The lowest BCUT2D eigenvalue weighted by Gasteiger charge is -2.20. The first kappa shape index (κ1) is 21.6. The molecule has 162 valence electrons. The number of hydrogen-bond donors (Lipinski definition) is 1. The zero-order chi connectivity index (χ0) is 21.8.